The van der Waals surface area contributed by atoms with E-state index in [9.17, 15) is 24.6 Å². The van der Waals surface area contributed by atoms with Crippen molar-refractivity contribution in [1.29, 1.82) is 0 Å². The Balaban J connectivity index is 1.62. The third-order valence-corrected chi connectivity index (χ3v) is 7.10. The summed E-state index contributed by atoms with van der Waals surface area (Å²) in [6.45, 7) is 5.64. The molecule has 0 aliphatic heterocycles. The quantitative estimate of drug-likeness (QED) is 0.374. The van der Waals surface area contributed by atoms with E-state index in [1.54, 1.807) is 31.2 Å². The van der Waals surface area contributed by atoms with Gasteiger partial charge in [0.05, 0.1) is 23.4 Å². The highest BCUT2D eigenvalue weighted by atomic mass is 16.3. The Morgan fingerprint density at radius 3 is 2.47 bits per heavy atom. The van der Waals surface area contributed by atoms with Crippen molar-refractivity contribution in [3.63, 3.8) is 0 Å². The van der Waals surface area contributed by atoms with E-state index in [-0.39, 0.29) is 23.9 Å². The first-order chi connectivity index (χ1) is 17.2. The van der Waals surface area contributed by atoms with Crippen molar-refractivity contribution in [3.05, 3.63) is 46.3 Å². The number of aliphatic hydroxyl groups is 2. The molecule has 3 rings (SSSR count). The highest BCUT2D eigenvalue weighted by Gasteiger charge is 2.32. The van der Waals surface area contributed by atoms with Crippen LogP contribution >= 0.6 is 0 Å². The average molecular weight is 501 g/mol. The van der Waals surface area contributed by atoms with Crippen molar-refractivity contribution in [3.8, 4) is 0 Å². The second kappa shape index (κ2) is 13.0. The van der Waals surface area contributed by atoms with Crippen molar-refractivity contribution < 1.29 is 24.2 Å². The predicted octanol–water partition coefficient (Wildman–Crippen LogP) is 3.38. The number of rotatable bonds is 11. The number of para-hydroxylation sites is 1. The highest BCUT2D eigenvalue weighted by Crippen LogP contribution is 2.29. The van der Waals surface area contributed by atoms with Gasteiger partial charge in [-0.25, -0.2) is 0 Å². The molecule has 0 radical (unpaired) electrons. The maximum atomic E-state index is 13.0. The Kier molecular flexibility index (Phi) is 10.1. The number of carbonyl (C=O) groups excluding carboxylic acids is 2. The lowest BCUT2D eigenvalue weighted by Crippen LogP contribution is -2.52. The summed E-state index contributed by atoms with van der Waals surface area (Å²) in [5.41, 5.74) is -0.154. The van der Waals surface area contributed by atoms with Crippen molar-refractivity contribution >= 4 is 22.8 Å². The number of nitrogens with one attached hydrogen (secondary N) is 2. The molecule has 2 amide bonds. The molecular weight excluding hydrogens is 460 g/mol. The molecule has 0 saturated heterocycles. The Morgan fingerprint density at radius 2 is 1.78 bits per heavy atom. The van der Waals surface area contributed by atoms with Gasteiger partial charge in [-0.15, -0.1) is 0 Å². The van der Waals surface area contributed by atoms with Gasteiger partial charge in [-0.2, -0.15) is 0 Å². The number of carbonyl (C=O) groups is 2. The minimum Gasteiger partial charge on any atom is -0.463 e. The van der Waals surface area contributed by atoms with Gasteiger partial charge in [0.25, 0.3) is 5.91 Å². The molecule has 4 atom stereocenters. The summed E-state index contributed by atoms with van der Waals surface area (Å²) in [6, 6.07) is 6.12. The summed E-state index contributed by atoms with van der Waals surface area (Å²) in [6.07, 6.45) is 5.79. The average Bonchev–Trinajstić information content (AvgIpc) is 2.86. The maximum Gasteiger partial charge on any atom is 0.258 e. The fraction of sp³-hybridized carbons (Fsp3) is 0.607. The van der Waals surface area contributed by atoms with Crippen LogP contribution in [0.15, 0.2) is 39.7 Å². The van der Waals surface area contributed by atoms with Crippen molar-refractivity contribution in [2.75, 3.05) is 6.54 Å². The van der Waals surface area contributed by atoms with Gasteiger partial charge in [-0.1, -0.05) is 65.0 Å². The molecule has 1 saturated carbocycles. The number of fused-ring (bicyclic) bond motifs is 1. The van der Waals surface area contributed by atoms with Crippen LogP contribution in [0.3, 0.4) is 0 Å². The van der Waals surface area contributed by atoms with E-state index < -0.39 is 35.5 Å². The Morgan fingerprint density at radius 1 is 1.08 bits per heavy atom. The Hall–Kier alpha value is -2.71. The fourth-order valence-electron chi connectivity index (χ4n) is 4.95. The van der Waals surface area contributed by atoms with Crippen LogP contribution < -0.4 is 16.1 Å². The molecule has 1 aliphatic carbocycles. The summed E-state index contributed by atoms with van der Waals surface area (Å²) in [5, 5.41) is 27.3. The third-order valence-electron chi connectivity index (χ3n) is 7.10. The number of benzene rings is 1. The molecule has 8 heteroatoms. The predicted molar refractivity (Wildman–Crippen MR) is 139 cm³/mol. The molecule has 4 N–H and O–H groups in total. The molecule has 0 spiro atoms. The van der Waals surface area contributed by atoms with Gasteiger partial charge in [0, 0.05) is 6.54 Å². The summed E-state index contributed by atoms with van der Waals surface area (Å²) < 4.78 is 5.41. The normalized spacial score (nSPS) is 17.9. The Labute approximate surface area is 212 Å². The molecule has 2 aromatic rings. The van der Waals surface area contributed by atoms with Gasteiger partial charge in [-0.05, 0) is 36.8 Å². The molecule has 1 aromatic heterocycles. The fourth-order valence-corrected chi connectivity index (χ4v) is 4.95. The molecule has 8 nitrogen and oxygen atoms in total. The molecule has 36 heavy (non-hydrogen) atoms. The summed E-state index contributed by atoms with van der Waals surface area (Å²) in [5.74, 6) is -0.933. The Bertz CT molecular complexity index is 1080. The van der Waals surface area contributed by atoms with Gasteiger partial charge < -0.3 is 25.3 Å². The number of aliphatic hydroxyl groups excluding tert-OH is 2. The van der Waals surface area contributed by atoms with Crippen LogP contribution in [0, 0.1) is 17.8 Å². The third kappa shape index (κ3) is 7.40. The van der Waals surface area contributed by atoms with Crippen LogP contribution in [0.2, 0.25) is 0 Å². The second-order valence-corrected chi connectivity index (χ2v) is 10.6. The van der Waals surface area contributed by atoms with Gasteiger partial charge in [0.2, 0.25) is 11.3 Å². The standard InChI is InChI=1S/C28H40N2O6/c1-17(2)13-23(31)26(33)22(14-19-9-5-4-6-10-19)30-27(34)18(3)15-29-28(35)21-16-36-24-12-8-7-11-20(24)25(21)32/h7-8,11-12,16-19,22-23,26,31,33H,4-6,9-10,13-15H2,1-3H3,(H,29,35)(H,30,34)/t18-,22-,23-,26+/m0/s1. The zero-order chi connectivity index (χ0) is 26.2. The molecule has 0 bridgehead atoms. The minimum absolute atomic E-state index is 0.0116. The van der Waals surface area contributed by atoms with Crippen LogP contribution in [-0.2, 0) is 4.79 Å². The highest BCUT2D eigenvalue weighted by molar-refractivity contribution is 5.96. The SMILES string of the molecule is CC(C)C[C@H](O)[C@H](O)[C@H](CC1CCCCC1)NC(=O)[C@@H](C)CNC(=O)c1coc2ccccc2c1=O. The zero-order valence-corrected chi connectivity index (χ0v) is 21.5. The topological polar surface area (TPSA) is 129 Å². The zero-order valence-electron chi connectivity index (χ0n) is 21.5. The van der Waals surface area contributed by atoms with E-state index in [4.69, 9.17) is 4.42 Å². The number of hydrogen-bond acceptors (Lipinski definition) is 6. The molecule has 1 aromatic carbocycles. The molecule has 1 fully saturated rings. The van der Waals surface area contributed by atoms with Crippen LogP contribution in [0.4, 0.5) is 0 Å². The first-order valence-corrected chi connectivity index (χ1v) is 13.1. The minimum atomic E-state index is -1.07. The van der Waals surface area contributed by atoms with E-state index in [2.05, 4.69) is 10.6 Å². The van der Waals surface area contributed by atoms with E-state index in [1.807, 2.05) is 13.8 Å². The van der Waals surface area contributed by atoms with Crippen LogP contribution in [0.25, 0.3) is 11.0 Å². The first-order valence-electron chi connectivity index (χ1n) is 13.1. The van der Waals surface area contributed by atoms with Gasteiger partial charge >= 0.3 is 0 Å². The molecule has 0 unspecified atom stereocenters. The van der Waals surface area contributed by atoms with Gasteiger partial charge in [-0.3, -0.25) is 14.4 Å². The molecular formula is C28H40N2O6. The van der Waals surface area contributed by atoms with E-state index >= 15 is 0 Å². The van der Waals surface area contributed by atoms with Crippen molar-refractivity contribution in [1.82, 2.24) is 10.6 Å². The van der Waals surface area contributed by atoms with E-state index in [0.717, 1.165) is 31.9 Å². The van der Waals surface area contributed by atoms with E-state index in [0.29, 0.717) is 29.7 Å². The van der Waals surface area contributed by atoms with Crippen LogP contribution in [0.5, 0.6) is 0 Å². The van der Waals surface area contributed by atoms with Gasteiger partial charge in [0.1, 0.15) is 23.5 Å². The van der Waals surface area contributed by atoms with Crippen LogP contribution in [-0.4, -0.2) is 46.8 Å². The van der Waals surface area contributed by atoms with E-state index in [1.165, 1.54) is 6.42 Å². The lowest BCUT2D eigenvalue weighted by atomic mass is 9.82. The second-order valence-electron chi connectivity index (χ2n) is 10.6. The van der Waals surface area contributed by atoms with Crippen LogP contribution in [0.1, 0.15) is 76.1 Å². The number of hydrogen-bond donors (Lipinski definition) is 4. The smallest absolute Gasteiger partial charge is 0.258 e. The first kappa shape index (κ1) is 27.9. The molecule has 198 valence electrons. The lowest BCUT2D eigenvalue weighted by Gasteiger charge is -2.33. The largest absolute Gasteiger partial charge is 0.463 e. The summed E-state index contributed by atoms with van der Waals surface area (Å²) in [7, 11) is 0. The molecule has 1 heterocycles. The lowest BCUT2D eigenvalue weighted by molar-refractivity contribution is -0.127. The maximum absolute atomic E-state index is 13.0. The molecule has 1 aliphatic rings. The summed E-state index contributed by atoms with van der Waals surface area (Å²) in [4.78, 5) is 38.3. The number of amides is 2. The monoisotopic (exact) mass is 500 g/mol. The van der Waals surface area contributed by atoms with Crippen molar-refractivity contribution in [2.45, 2.75) is 84.0 Å². The van der Waals surface area contributed by atoms with Crippen molar-refractivity contribution in [2.24, 2.45) is 17.8 Å². The summed E-state index contributed by atoms with van der Waals surface area (Å²) >= 11 is 0. The van der Waals surface area contributed by atoms with Gasteiger partial charge in [0.15, 0.2) is 0 Å².